The highest BCUT2D eigenvalue weighted by atomic mass is 15.0. The van der Waals surface area contributed by atoms with Gasteiger partial charge in [0.2, 0.25) is 0 Å². The van der Waals surface area contributed by atoms with Crippen molar-refractivity contribution in [1.29, 1.82) is 10.5 Å². The molecule has 0 amide bonds. The topological polar surface area (TPSA) is 91.4 Å². The van der Waals surface area contributed by atoms with Gasteiger partial charge in [-0.1, -0.05) is 25.1 Å². The van der Waals surface area contributed by atoms with Gasteiger partial charge in [-0.3, -0.25) is 0 Å². The molecule has 30 heavy (non-hydrogen) atoms. The maximum absolute atomic E-state index is 9.77. The molecule has 1 aliphatic carbocycles. The van der Waals surface area contributed by atoms with Gasteiger partial charge in [-0.25, -0.2) is 4.98 Å². The van der Waals surface area contributed by atoms with Crippen LogP contribution in [0, 0.1) is 29.6 Å². The lowest BCUT2D eigenvalue weighted by Gasteiger charge is -2.12. The van der Waals surface area contributed by atoms with Gasteiger partial charge in [-0.05, 0) is 56.0 Å². The van der Waals surface area contributed by atoms with E-state index in [1.165, 1.54) is 5.52 Å². The van der Waals surface area contributed by atoms with Crippen molar-refractivity contribution < 1.29 is 0 Å². The van der Waals surface area contributed by atoms with Crippen LogP contribution in [-0.2, 0) is 0 Å². The summed E-state index contributed by atoms with van der Waals surface area (Å²) in [7, 11) is 0. The molecule has 3 aromatic rings. The summed E-state index contributed by atoms with van der Waals surface area (Å²) in [5.74, 6) is 0.170. The number of hydrogen-bond acceptors (Lipinski definition) is 4. The highest BCUT2D eigenvalue weighted by Gasteiger charge is 2.30. The number of rotatable bonds is 3. The van der Waals surface area contributed by atoms with Gasteiger partial charge >= 0.3 is 0 Å². The molecule has 0 spiro atoms. The second-order valence-electron chi connectivity index (χ2n) is 7.77. The Labute approximate surface area is 176 Å². The van der Waals surface area contributed by atoms with Gasteiger partial charge in [0.1, 0.15) is 18.0 Å². The van der Waals surface area contributed by atoms with Gasteiger partial charge in [0.05, 0.1) is 16.8 Å². The lowest BCUT2D eigenvalue weighted by Crippen LogP contribution is -2.03. The van der Waals surface area contributed by atoms with Crippen LogP contribution in [0.4, 0.5) is 5.82 Å². The first-order chi connectivity index (χ1) is 14.4. The lowest BCUT2D eigenvalue weighted by atomic mass is 9.95. The van der Waals surface area contributed by atoms with E-state index in [4.69, 9.17) is 5.73 Å². The highest BCUT2D eigenvalue weighted by molar-refractivity contribution is 6.10. The first-order valence-corrected chi connectivity index (χ1v) is 10.1. The average Bonchev–Trinajstić information content (AvgIpc) is 3.23. The van der Waals surface area contributed by atoms with Gasteiger partial charge in [0.15, 0.2) is 0 Å². The number of nitriles is 2. The fourth-order valence-electron chi connectivity index (χ4n) is 4.26. The van der Waals surface area contributed by atoms with E-state index in [0.717, 1.165) is 39.6 Å². The Bertz CT molecular complexity index is 1340. The Kier molecular flexibility index (Phi) is 4.68. The summed E-state index contributed by atoms with van der Waals surface area (Å²) in [5, 5.41) is 20.5. The number of nitrogens with two attached hydrogens (primary N) is 1. The van der Waals surface area contributed by atoms with Crippen LogP contribution >= 0.6 is 0 Å². The second-order valence-corrected chi connectivity index (χ2v) is 7.77. The van der Waals surface area contributed by atoms with E-state index in [9.17, 15) is 10.5 Å². The summed E-state index contributed by atoms with van der Waals surface area (Å²) < 4.78 is 2.30. The zero-order chi connectivity index (χ0) is 21.6. The monoisotopic (exact) mass is 393 g/mol. The minimum atomic E-state index is 0.170. The molecule has 0 radical (unpaired) electrons. The Morgan fingerprint density at radius 3 is 2.60 bits per heavy atom. The van der Waals surface area contributed by atoms with Crippen LogP contribution in [0.25, 0.3) is 28.1 Å². The van der Waals surface area contributed by atoms with Crippen LogP contribution in [0.3, 0.4) is 0 Å². The predicted molar refractivity (Wildman–Crippen MR) is 121 cm³/mol. The molecule has 0 fully saturated rings. The van der Waals surface area contributed by atoms with Gasteiger partial charge in [-0.15, -0.1) is 0 Å². The molecule has 5 nitrogen and oxygen atoms in total. The predicted octanol–water partition coefficient (Wildman–Crippen LogP) is 5.62. The largest absolute Gasteiger partial charge is 0.383 e. The van der Waals surface area contributed by atoms with Crippen LogP contribution in [0.1, 0.15) is 61.2 Å². The van der Waals surface area contributed by atoms with Crippen molar-refractivity contribution in [2.75, 3.05) is 5.73 Å². The van der Waals surface area contributed by atoms with Crippen LogP contribution < -0.4 is 5.73 Å². The first kappa shape index (κ1) is 19.5. The molecule has 0 bridgehead atoms. The van der Waals surface area contributed by atoms with Gasteiger partial charge in [0, 0.05) is 34.3 Å². The molecule has 5 heteroatoms. The minimum absolute atomic E-state index is 0.170. The molecule has 0 saturated heterocycles. The summed E-state index contributed by atoms with van der Waals surface area (Å²) in [4.78, 5) is 4.42. The normalized spacial score (nSPS) is 15.3. The first-order valence-electron chi connectivity index (χ1n) is 10.1. The summed E-state index contributed by atoms with van der Waals surface area (Å²) in [6.07, 6.45) is 5.32. The van der Waals surface area contributed by atoms with E-state index < -0.39 is 0 Å². The number of nitrogen functional groups attached to an aromatic ring is 1. The molecular formula is C25H23N5. The third kappa shape index (κ3) is 2.71. The second kappa shape index (κ2) is 7.21. The fourth-order valence-corrected chi connectivity index (χ4v) is 4.26. The van der Waals surface area contributed by atoms with Crippen molar-refractivity contribution in [3.63, 3.8) is 0 Å². The molecule has 0 aliphatic heterocycles. The fraction of sp³-hybridized carbons (Fsp3) is 0.240. The third-order valence-electron chi connectivity index (χ3n) is 6.12. The zero-order valence-corrected chi connectivity index (χ0v) is 17.6. The summed E-state index contributed by atoms with van der Waals surface area (Å²) in [6.45, 7) is 8.20. The van der Waals surface area contributed by atoms with Gasteiger partial charge in [0.25, 0.3) is 0 Å². The SMILES string of the molecule is CCC(C)n1cc(/C=C2\C(C)=C(C#N)c3nc(N)c(C#N)c(C)c32)c2ccccc21. The molecule has 2 heterocycles. The van der Waals surface area contributed by atoms with Crippen molar-refractivity contribution in [3.05, 3.63) is 64.0 Å². The van der Waals surface area contributed by atoms with Crippen molar-refractivity contribution in [3.8, 4) is 12.1 Å². The van der Waals surface area contributed by atoms with Crippen molar-refractivity contribution in [1.82, 2.24) is 9.55 Å². The van der Waals surface area contributed by atoms with Crippen molar-refractivity contribution in [2.45, 2.75) is 40.2 Å². The summed E-state index contributed by atoms with van der Waals surface area (Å²) in [6, 6.07) is 13.2. The van der Waals surface area contributed by atoms with Crippen LogP contribution in [-0.4, -0.2) is 9.55 Å². The molecule has 2 N–H and O–H groups in total. The van der Waals surface area contributed by atoms with E-state index in [0.29, 0.717) is 22.9 Å². The smallest absolute Gasteiger partial charge is 0.142 e. The van der Waals surface area contributed by atoms with E-state index in [2.05, 4.69) is 66.0 Å². The highest BCUT2D eigenvalue weighted by Crippen LogP contribution is 2.44. The zero-order valence-electron chi connectivity index (χ0n) is 17.6. The maximum atomic E-state index is 9.77. The van der Waals surface area contributed by atoms with Gasteiger partial charge in [-0.2, -0.15) is 10.5 Å². The average molecular weight is 393 g/mol. The van der Waals surface area contributed by atoms with Crippen LogP contribution in [0.15, 0.2) is 36.0 Å². The number of anilines is 1. The van der Waals surface area contributed by atoms with Crippen molar-refractivity contribution >= 4 is 33.9 Å². The molecule has 4 rings (SSSR count). The Hall–Kier alpha value is -3.83. The molecular weight excluding hydrogens is 370 g/mol. The molecule has 148 valence electrons. The van der Waals surface area contributed by atoms with Crippen LogP contribution in [0.5, 0.6) is 0 Å². The Balaban J connectivity index is 2.03. The number of nitrogens with zero attached hydrogens (tertiary/aromatic N) is 4. The number of fused-ring (bicyclic) bond motifs is 2. The minimum Gasteiger partial charge on any atom is -0.383 e. The Morgan fingerprint density at radius 2 is 1.93 bits per heavy atom. The van der Waals surface area contributed by atoms with Gasteiger partial charge < -0.3 is 10.3 Å². The standard InChI is InChI=1S/C25H23N5/c1-5-14(2)30-13-17(18-8-6-7-9-22(18)30)10-19-15(3)20(11-26)24-23(19)16(4)21(12-27)25(28)29-24/h6-10,13-14H,5H2,1-4H3,(H2,28,29)/b19-10+. The number of pyridine rings is 1. The number of benzene rings is 1. The molecule has 2 aromatic heterocycles. The third-order valence-corrected chi connectivity index (χ3v) is 6.12. The van der Waals surface area contributed by atoms with E-state index >= 15 is 0 Å². The van der Waals surface area contributed by atoms with Crippen LogP contribution in [0.2, 0.25) is 0 Å². The molecule has 1 aliphatic rings. The maximum Gasteiger partial charge on any atom is 0.142 e. The number of para-hydroxylation sites is 1. The molecule has 1 atom stereocenters. The number of aromatic nitrogens is 2. The molecule has 1 aromatic carbocycles. The Morgan fingerprint density at radius 1 is 1.20 bits per heavy atom. The van der Waals surface area contributed by atoms with E-state index in [1.807, 2.05) is 19.9 Å². The molecule has 0 saturated carbocycles. The summed E-state index contributed by atoms with van der Waals surface area (Å²) in [5.41, 5.74) is 13.1. The number of allylic oxidation sites excluding steroid dienone is 3. The van der Waals surface area contributed by atoms with Crippen molar-refractivity contribution in [2.24, 2.45) is 0 Å². The van der Waals surface area contributed by atoms with E-state index in [-0.39, 0.29) is 5.82 Å². The number of hydrogen-bond donors (Lipinski definition) is 1. The quantitative estimate of drug-likeness (QED) is 0.625. The van der Waals surface area contributed by atoms with E-state index in [1.54, 1.807) is 0 Å². The summed E-state index contributed by atoms with van der Waals surface area (Å²) >= 11 is 0. The lowest BCUT2D eigenvalue weighted by molar-refractivity contribution is 0.548. The molecule has 1 unspecified atom stereocenters.